The molecule has 0 saturated carbocycles. The minimum atomic E-state index is -0.993. The molecule has 0 aliphatic carbocycles. The number of nitrogens with zero attached hydrogens (tertiary/aromatic N) is 1. The molecule has 220 valence electrons. The van der Waals surface area contributed by atoms with Crippen molar-refractivity contribution in [2.75, 3.05) is 40.0 Å². The van der Waals surface area contributed by atoms with E-state index in [-0.39, 0.29) is 13.0 Å². The maximum absolute atomic E-state index is 13.2. The highest BCUT2D eigenvalue weighted by molar-refractivity contribution is 5.73. The van der Waals surface area contributed by atoms with Gasteiger partial charge in [0.05, 0.1) is 20.3 Å². The largest absolute Gasteiger partial charge is 0.493 e. The van der Waals surface area contributed by atoms with Gasteiger partial charge in [-0.05, 0) is 61.2 Å². The van der Waals surface area contributed by atoms with Crippen LogP contribution in [0.25, 0.3) is 0 Å². The lowest BCUT2D eigenvalue weighted by Crippen LogP contribution is -2.38. The fourth-order valence-electron chi connectivity index (χ4n) is 4.07. The van der Waals surface area contributed by atoms with Crippen LogP contribution >= 0.6 is 0 Å². The van der Waals surface area contributed by atoms with Gasteiger partial charge in [-0.2, -0.15) is 0 Å². The van der Waals surface area contributed by atoms with Crippen LogP contribution in [0.2, 0.25) is 0 Å². The lowest BCUT2D eigenvalue weighted by molar-refractivity contribution is -0.149. The third-order valence-corrected chi connectivity index (χ3v) is 6.22. The molecule has 0 heterocycles. The van der Waals surface area contributed by atoms with E-state index in [1.54, 1.807) is 36.1 Å². The number of ether oxygens (including phenoxy) is 5. The number of carboxylic acids is 1. The molecule has 1 amide bonds. The van der Waals surface area contributed by atoms with E-state index in [4.69, 9.17) is 23.7 Å². The molecular formula is C32H39NO8. The fourth-order valence-corrected chi connectivity index (χ4v) is 4.07. The van der Waals surface area contributed by atoms with Crippen LogP contribution in [-0.4, -0.2) is 68.2 Å². The SMILES string of the molecule is CCOC(Cc1ccc(OCCN(CCCOCc2ccccc2)C(=O)Oc2cc(C)ccc2OC)cc1)C(=O)O. The lowest BCUT2D eigenvalue weighted by atomic mass is 10.1. The summed E-state index contributed by atoms with van der Waals surface area (Å²) in [5, 5.41) is 9.31. The third-order valence-electron chi connectivity index (χ3n) is 6.22. The highest BCUT2D eigenvalue weighted by Gasteiger charge is 2.19. The van der Waals surface area contributed by atoms with E-state index in [0.29, 0.717) is 56.6 Å². The number of carboxylic acid groups (broad SMARTS) is 1. The minimum absolute atomic E-state index is 0.237. The Morgan fingerprint density at radius 3 is 2.34 bits per heavy atom. The molecule has 0 saturated heterocycles. The van der Waals surface area contributed by atoms with Crippen LogP contribution in [-0.2, 0) is 27.3 Å². The molecule has 0 aliphatic rings. The highest BCUT2D eigenvalue weighted by Crippen LogP contribution is 2.28. The van der Waals surface area contributed by atoms with E-state index in [9.17, 15) is 14.7 Å². The van der Waals surface area contributed by atoms with Gasteiger partial charge in [-0.15, -0.1) is 0 Å². The first-order valence-electron chi connectivity index (χ1n) is 13.7. The van der Waals surface area contributed by atoms with Gasteiger partial charge in [0.25, 0.3) is 0 Å². The van der Waals surface area contributed by atoms with Gasteiger partial charge < -0.3 is 33.7 Å². The molecule has 3 aromatic rings. The summed E-state index contributed by atoms with van der Waals surface area (Å²) in [6.45, 7) is 5.93. The van der Waals surface area contributed by atoms with E-state index in [0.717, 1.165) is 16.7 Å². The van der Waals surface area contributed by atoms with Gasteiger partial charge in [0.15, 0.2) is 17.6 Å². The fraction of sp³-hybridized carbons (Fsp3) is 0.375. The third kappa shape index (κ3) is 10.8. The van der Waals surface area contributed by atoms with Crippen LogP contribution in [0, 0.1) is 6.92 Å². The van der Waals surface area contributed by atoms with Crippen molar-refractivity contribution < 1.29 is 38.4 Å². The standard InChI is InChI=1S/C32H39NO8/c1-4-39-30(31(34)35)22-25-12-14-27(15-13-25)40-20-18-33(17-8-19-38-23-26-9-6-5-7-10-26)32(36)41-29-21-24(2)11-16-28(29)37-3/h5-7,9-16,21,30H,4,8,17-20,22-23H2,1-3H3,(H,34,35). The van der Waals surface area contributed by atoms with Gasteiger partial charge in [0.2, 0.25) is 0 Å². The number of carbonyl (C=O) groups excluding carboxylic acids is 1. The molecule has 0 radical (unpaired) electrons. The second-order valence-electron chi connectivity index (χ2n) is 9.38. The van der Waals surface area contributed by atoms with E-state index >= 15 is 0 Å². The smallest absolute Gasteiger partial charge is 0.415 e. The molecule has 0 aromatic heterocycles. The Morgan fingerprint density at radius 1 is 0.902 bits per heavy atom. The minimum Gasteiger partial charge on any atom is -0.493 e. The Balaban J connectivity index is 1.56. The van der Waals surface area contributed by atoms with Crippen molar-refractivity contribution in [3.8, 4) is 17.2 Å². The van der Waals surface area contributed by atoms with Gasteiger partial charge in [0, 0.05) is 26.2 Å². The summed E-state index contributed by atoms with van der Waals surface area (Å²) in [4.78, 5) is 26.1. The average molecular weight is 566 g/mol. The van der Waals surface area contributed by atoms with E-state index < -0.39 is 18.2 Å². The topological polar surface area (TPSA) is 104 Å². The van der Waals surface area contributed by atoms with Crippen molar-refractivity contribution in [1.29, 1.82) is 0 Å². The Hall–Kier alpha value is -4.08. The second-order valence-corrected chi connectivity index (χ2v) is 9.38. The number of hydrogen-bond donors (Lipinski definition) is 1. The van der Waals surface area contributed by atoms with Crippen LogP contribution in [0.5, 0.6) is 17.2 Å². The Morgan fingerprint density at radius 2 is 1.66 bits per heavy atom. The van der Waals surface area contributed by atoms with Crippen molar-refractivity contribution in [2.45, 2.75) is 39.4 Å². The lowest BCUT2D eigenvalue weighted by Gasteiger charge is -2.23. The zero-order chi connectivity index (χ0) is 29.5. The highest BCUT2D eigenvalue weighted by atomic mass is 16.6. The summed E-state index contributed by atoms with van der Waals surface area (Å²) >= 11 is 0. The number of aryl methyl sites for hydroxylation is 1. The summed E-state index contributed by atoms with van der Waals surface area (Å²) in [7, 11) is 1.53. The van der Waals surface area contributed by atoms with Crippen molar-refractivity contribution in [3.63, 3.8) is 0 Å². The molecule has 1 atom stereocenters. The summed E-state index contributed by atoms with van der Waals surface area (Å²) < 4.78 is 28.0. The van der Waals surface area contributed by atoms with E-state index in [1.807, 2.05) is 55.5 Å². The summed E-state index contributed by atoms with van der Waals surface area (Å²) in [6, 6.07) is 22.5. The van der Waals surface area contributed by atoms with Crippen molar-refractivity contribution in [1.82, 2.24) is 4.90 Å². The van der Waals surface area contributed by atoms with Crippen molar-refractivity contribution >= 4 is 12.1 Å². The number of hydrogen-bond acceptors (Lipinski definition) is 7. The van der Waals surface area contributed by atoms with Crippen molar-refractivity contribution in [2.24, 2.45) is 0 Å². The summed E-state index contributed by atoms with van der Waals surface area (Å²) in [5.41, 5.74) is 2.86. The number of benzene rings is 3. The summed E-state index contributed by atoms with van der Waals surface area (Å²) in [6.07, 6.45) is -0.522. The van der Waals surface area contributed by atoms with E-state index in [1.165, 1.54) is 7.11 Å². The first-order chi connectivity index (χ1) is 19.9. The van der Waals surface area contributed by atoms with Crippen LogP contribution in [0.4, 0.5) is 4.79 Å². The zero-order valence-corrected chi connectivity index (χ0v) is 23.9. The maximum Gasteiger partial charge on any atom is 0.415 e. The Labute approximate surface area is 241 Å². The molecule has 0 spiro atoms. The van der Waals surface area contributed by atoms with Gasteiger partial charge in [-0.25, -0.2) is 9.59 Å². The number of rotatable bonds is 17. The number of amides is 1. The molecule has 3 rings (SSSR count). The molecular weight excluding hydrogens is 526 g/mol. The molecule has 9 nitrogen and oxygen atoms in total. The van der Waals surface area contributed by atoms with Gasteiger partial charge in [0.1, 0.15) is 12.4 Å². The molecule has 41 heavy (non-hydrogen) atoms. The molecule has 9 heteroatoms. The quantitative estimate of drug-likeness (QED) is 0.213. The van der Waals surface area contributed by atoms with Crippen LogP contribution in [0.1, 0.15) is 30.0 Å². The van der Waals surface area contributed by atoms with Crippen LogP contribution in [0.15, 0.2) is 72.8 Å². The van der Waals surface area contributed by atoms with Crippen LogP contribution in [0.3, 0.4) is 0 Å². The second kappa shape index (κ2) is 16.9. The van der Waals surface area contributed by atoms with Crippen LogP contribution < -0.4 is 14.2 Å². The molecule has 0 bridgehead atoms. The van der Waals surface area contributed by atoms with Gasteiger partial charge in [-0.1, -0.05) is 48.5 Å². The van der Waals surface area contributed by atoms with E-state index in [2.05, 4.69) is 0 Å². The average Bonchev–Trinajstić information content (AvgIpc) is 2.97. The number of carbonyl (C=O) groups is 2. The van der Waals surface area contributed by atoms with Gasteiger partial charge >= 0.3 is 12.1 Å². The summed E-state index contributed by atoms with van der Waals surface area (Å²) in [5.74, 6) is 0.441. The maximum atomic E-state index is 13.2. The Kier molecular flexibility index (Phi) is 13.0. The zero-order valence-electron chi connectivity index (χ0n) is 23.9. The Bertz CT molecular complexity index is 1220. The van der Waals surface area contributed by atoms with Gasteiger partial charge in [-0.3, -0.25) is 0 Å². The molecule has 1 unspecified atom stereocenters. The molecule has 1 N–H and O–H groups in total. The predicted octanol–water partition coefficient (Wildman–Crippen LogP) is 5.52. The first kappa shape index (κ1) is 31.4. The monoisotopic (exact) mass is 565 g/mol. The molecule has 3 aromatic carbocycles. The predicted molar refractivity (Wildman–Crippen MR) is 155 cm³/mol. The van der Waals surface area contributed by atoms with Crippen molar-refractivity contribution in [3.05, 3.63) is 89.5 Å². The normalized spacial score (nSPS) is 11.5. The molecule has 0 aliphatic heterocycles. The first-order valence-corrected chi connectivity index (χ1v) is 13.7. The number of methoxy groups -OCH3 is 1. The number of aliphatic carboxylic acids is 1. The molecule has 0 fully saturated rings.